The summed E-state index contributed by atoms with van der Waals surface area (Å²) < 4.78 is 6.01. The number of rotatable bonds is 15. The van der Waals surface area contributed by atoms with E-state index >= 15 is 0 Å². The van der Waals surface area contributed by atoms with Crippen LogP contribution < -0.4 is 4.74 Å². The van der Waals surface area contributed by atoms with E-state index in [2.05, 4.69) is 73.6 Å². The number of allylic oxidation sites excluding steroid dienone is 1. The predicted molar refractivity (Wildman–Crippen MR) is 135 cm³/mol. The summed E-state index contributed by atoms with van der Waals surface area (Å²) in [6.45, 7) is 19.0. The molecule has 172 valence electrons. The first kappa shape index (κ1) is 26.8. The molecule has 1 aromatic rings. The van der Waals surface area contributed by atoms with E-state index in [-0.39, 0.29) is 0 Å². The molecule has 1 heteroatoms. The lowest BCUT2D eigenvalue weighted by Gasteiger charge is -2.15. The van der Waals surface area contributed by atoms with Crippen LogP contribution in [0.15, 0.2) is 23.8 Å². The molecule has 0 aliphatic rings. The Kier molecular flexibility index (Phi) is 13.1. The van der Waals surface area contributed by atoms with Crippen LogP contribution in [0.3, 0.4) is 0 Å². The molecule has 2 unspecified atom stereocenters. The van der Waals surface area contributed by atoms with Crippen LogP contribution in [0, 0.1) is 38.5 Å². The molecule has 0 fully saturated rings. The Bertz CT molecular complexity index is 625. The van der Waals surface area contributed by atoms with Crippen molar-refractivity contribution in [2.75, 3.05) is 6.61 Å². The molecule has 0 saturated carbocycles. The van der Waals surface area contributed by atoms with E-state index in [4.69, 9.17) is 4.74 Å². The second-order valence-corrected chi connectivity index (χ2v) is 10.4. The van der Waals surface area contributed by atoms with Gasteiger partial charge in [0.2, 0.25) is 0 Å². The lowest BCUT2D eigenvalue weighted by atomic mass is 9.91. The highest BCUT2D eigenvalue weighted by atomic mass is 16.5. The van der Waals surface area contributed by atoms with Crippen molar-refractivity contribution >= 4 is 0 Å². The van der Waals surface area contributed by atoms with Crippen molar-refractivity contribution in [2.45, 2.75) is 113 Å². The molecule has 0 amide bonds. The maximum absolute atomic E-state index is 6.01. The second kappa shape index (κ2) is 14.7. The zero-order valence-corrected chi connectivity index (χ0v) is 21.4. The van der Waals surface area contributed by atoms with Gasteiger partial charge >= 0.3 is 0 Å². The number of hydrogen-bond acceptors (Lipinski definition) is 1. The van der Waals surface area contributed by atoms with Gasteiger partial charge in [0.25, 0.3) is 0 Å². The van der Waals surface area contributed by atoms with Gasteiger partial charge in [-0.3, -0.25) is 0 Å². The largest absolute Gasteiger partial charge is 0.489 e. The van der Waals surface area contributed by atoms with E-state index < -0.39 is 0 Å². The summed E-state index contributed by atoms with van der Waals surface area (Å²) >= 11 is 0. The highest BCUT2D eigenvalue weighted by Crippen LogP contribution is 2.24. The van der Waals surface area contributed by atoms with Crippen LogP contribution in [0.5, 0.6) is 5.75 Å². The SMILES string of the molecule is CC(=CCOc1ccc(C)c(C)c1C)CCCC(C)CCCC(C)CCCC(C)C. The number of aryl methyl sites for hydroxylation is 1. The molecule has 0 aliphatic heterocycles. The third-order valence-electron chi connectivity index (χ3n) is 6.82. The Morgan fingerprint density at radius 1 is 0.800 bits per heavy atom. The lowest BCUT2D eigenvalue weighted by molar-refractivity contribution is 0.358. The fraction of sp³-hybridized carbons (Fsp3) is 0.724. The summed E-state index contributed by atoms with van der Waals surface area (Å²) in [7, 11) is 0. The molecule has 0 spiro atoms. The Morgan fingerprint density at radius 2 is 1.37 bits per heavy atom. The average Bonchev–Trinajstić information content (AvgIpc) is 2.67. The Morgan fingerprint density at radius 3 is 1.97 bits per heavy atom. The van der Waals surface area contributed by atoms with Gasteiger partial charge in [-0.25, -0.2) is 0 Å². The fourth-order valence-corrected chi connectivity index (χ4v) is 4.17. The van der Waals surface area contributed by atoms with Gasteiger partial charge in [-0.2, -0.15) is 0 Å². The zero-order valence-electron chi connectivity index (χ0n) is 21.4. The van der Waals surface area contributed by atoms with Crippen molar-refractivity contribution in [2.24, 2.45) is 17.8 Å². The summed E-state index contributed by atoms with van der Waals surface area (Å²) in [5.74, 6) is 3.64. The molecule has 0 N–H and O–H groups in total. The topological polar surface area (TPSA) is 9.23 Å². The van der Waals surface area contributed by atoms with Gasteiger partial charge in [-0.15, -0.1) is 0 Å². The van der Waals surface area contributed by atoms with Gasteiger partial charge in [0.05, 0.1) is 0 Å². The van der Waals surface area contributed by atoms with Gasteiger partial charge in [0, 0.05) is 0 Å². The van der Waals surface area contributed by atoms with E-state index in [1.807, 2.05) is 0 Å². The first-order valence-electron chi connectivity index (χ1n) is 12.6. The summed E-state index contributed by atoms with van der Waals surface area (Å²) in [6.07, 6.45) is 14.5. The Balaban J connectivity index is 2.16. The summed E-state index contributed by atoms with van der Waals surface area (Å²) in [6, 6.07) is 4.26. The van der Waals surface area contributed by atoms with Gasteiger partial charge < -0.3 is 4.74 Å². The van der Waals surface area contributed by atoms with Crippen molar-refractivity contribution in [1.29, 1.82) is 0 Å². The number of benzene rings is 1. The molecule has 0 heterocycles. The first-order valence-corrected chi connectivity index (χ1v) is 12.6. The number of ether oxygens (including phenoxy) is 1. The maximum atomic E-state index is 6.01. The van der Waals surface area contributed by atoms with Crippen LogP contribution >= 0.6 is 0 Å². The molecule has 0 radical (unpaired) electrons. The number of hydrogen-bond donors (Lipinski definition) is 0. The van der Waals surface area contributed by atoms with Gasteiger partial charge in [-0.05, 0) is 87.1 Å². The normalized spacial score (nSPS) is 14.2. The van der Waals surface area contributed by atoms with Crippen molar-refractivity contribution < 1.29 is 4.74 Å². The highest BCUT2D eigenvalue weighted by Gasteiger charge is 2.07. The average molecular weight is 415 g/mol. The third kappa shape index (κ3) is 11.2. The van der Waals surface area contributed by atoms with Crippen LogP contribution in [0.2, 0.25) is 0 Å². The van der Waals surface area contributed by atoms with Crippen molar-refractivity contribution in [3.8, 4) is 5.75 Å². The molecule has 1 aromatic carbocycles. The molecular weight excluding hydrogens is 364 g/mol. The van der Waals surface area contributed by atoms with E-state index in [9.17, 15) is 0 Å². The zero-order chi connectivity index (χ0) is 22.5. The maximum Gasteiger partial charge on any atom is 0.122 e. The van der Waals surface area contributed by atoms with Crippen LogP contribution in [0.1, 0.15) is 109 Å². The van der Waals surface area contributed by atoms with Crippen LogP contribution in [-0.4, -0.2) is 6.61 Å². The molecule has 1 rings (SSSR count). The van der Waals surface area contributed by atoms with E-state index in [1.54, 1.807) is 0 Å². The monoisotopic (exact) mass is 414 g/mol. The van der Waals surface area contributed by atoms with Gasteiger partial charge in [0.1, 0.15) is 12.4 Å². The molecule has 0 bridgehead atoms. The molecule has 30 heavy (non-hydrogen) atoms. The Labute approximate surface area is 188 Å². The molecule has 0 aliphatic carbocycles. The van der Waals surface area contributed by atoms with E-state index in [0.29, 0.717) is 6.61 Å². The van der Waals surface area contributed by atoms with Gasteiger partial charge in [-0.1, -0.05) is 84.3 Å². The minimum absolute atomic E-state index is 0.680. The lowest BCUT2D eigenvalue weighted by Crippen LogP contribution is -2.01. The first-order chi connectivity index (χ1) is 14.2. The fourth-order valence-electron chi connectivity index (χ4n) is 4.17. The van der Waals surface area contributed by atoms with Gasteiger partial charge in [0.15, 0.2) is 0 Å². The second-order valence-electron chi connectivity index (χ2n) is 10.4. The third-order valence-corrected chi connectivity index (χ3v) is 6.82. The smallest absolute Gasteiger partial charge is 0.122 e. The van der Waals surface area contributed by atoms with Crippen LogP contribution in [-0.2, 0) is 0 Å². The van der Waals surface area contributed by atoms with Crippen LogP contribution in [0.4, 0.5) is 0 Å². The molecule has 1 nitrogen and oxygen atoms in total. The van der Waals surface area contributed by atoms with E-state index in [0.717, 1.165) is 23.5 Å². The van der Waals surface area contributed by atoms with Crippen molar-refractivity contribution in [1.82, 2.24) is 0 Å². The molecule has 0 saturated heterocycles. The van der Waals surface area contributed by atoms with E-state index in [1.165, 1.54) is 80.1 Å². The summed E-state index contributed by atoms with van der Waals surface area (Å²) in [5, 5.41) is 0. The standard InChI is InChI=1S/C29H50O/c1-22(2)12-9-13-23(3)14-10-15-24(4)16-11-17-25(5)20-21-30-29-19-18-26(6)27(7)28(29)8/h18-20,22-24H,9-17,21H2,1-8H3. The minimum Gasteiger partial charge on any atom is -0.489 e. The van der Waals surface area contributed by atoms with Crippen LogP contribution in [0.25, 0.3) is 0 Å². The quantitative estimate of drug-likeness (QED) is 0.260. The molecule has 0 aromatic heterocycles. The highest BCUT2D eigenvalue weighted by molar-refractivity contribution is 5.43. The minimum atomic E-state index is 0.680. The van der Waals surface area contributed by atoms with Crippen molar-refractivity contribution in [3.63, 3.8) is 0 Å². The molecular formula is C29H50O. The predicted octanol–water partition coefficient (Wildman–Crippen LogP) is 9.38. The van der Waals surface area contributed by atoms with Crippen molar-refractivity contribution in [3.05, 3.63) is 40.5 Å². The summed E-state index contributed by atoms with van der Waals surface area (Å²) in [5.41, 5.74) is 5.40. The Hall–Kier alpha value is -1.24. The summed E-state index contributed by atoms with van der Waals surface area (Å²) in [4.78, 5) is 0. The molecule has 2 atom stereocenters.